The van der Waals surface area contributed by atoms with Crippen LogP contribution in [0, 0.1) is 6.92 Å². The molecule has 3 heterocycles. The molecule has 0 aliphatic rings. The van der Waals surface area contributed by atoms with E-state index in [0.717, 1.165) is 17.0 Å². The number of benzene rings is 1. The molecule has 148 valence electrons. The minimum atomic E-state index is -0.0715. The lowest BCUT2D eigenvalue weighted by Crippen LogP contribution is -2.21. The quantitative estimate of drug-likeness (QED) is 0.543. The molecule has 0 spiro atoms. The summed E-state index contributed by atoms with van der Waals surface area (Å²) in [5.74, 6) is 1.14. The molecule has 0 aliphatic carbocycles. The van der Waals surface area contributed by atoms with Gasteiger partial charge in [0.15, 0.2) is 10.8 Å². The van der Waals surface area contributed by atoms with Crippen molar-refractivity contribution in [2.45, 2.75) is 6.92 Å². The zero-order valence-electron chi connectivity index (χ0n) is 16.5. The van der Waals surface area contributed by atoms with Gasteiger partial charge in [-0.05, 0) is 43.3 Å². The number of pyridine rings is 1. The Kier molecular flexibility index (Phi) is 4.89. The predicted octanol–water partition coefficient (Wildman–Crippen LogP) is 3.62. The van der Waals surface area contributed by atoms with Crippen LogP contribution < -0.4 is 10.1 Å². The number of rotatable bonds is 5. The third-order valence-corrected chi connectivity index (χ3v) is 5.42. The van der Waals surface area contributed by atoms with E-state index in [1.165, 1.54) is 16.2 Å². The predicted molar refractivity (Wildman–Crippen MR) is 113 cm³/mol. The monoisotopic (exact) mass is 408 g/mol. The molecule has 4 aromatic rings. The molecule has 8 nitrogen and oxygen atoms in total. The SMILES string of the molecule is COc1ccc(-c2cccc3nc(Nc4nc(C)c(C(=O)N(C)C)s4)nn23)cc1. The first kappa shape index (κ1) is 18.9. The van der Waals surface area contributed by atoms with Crippen LogP contribution in [0.25, 0.3) is 16.9 Å². The van der Waals surface area contributed by atoms with Crippen molar-refractivity contribution in [1.82, 2.24) is 24.5 Å². The number of nitrogens with one attached hydrogen (secondary N) is 1. The van der Waals surface area contributed by atoms with Gasteiger partial charge in [0, 0.05) is 19.7 Å². The molecule has 0 saturated heterocycles. The number of carbonyl (C=O) groups excluding carboxylic acids is 1. The number of thiazole rings is 1. The Balaban J connectivity index is 1.66. The van der Waals surface area contributed by atoms with Crippen molar-refractivity contribution in [2.24, 2.45) is 0 Å². The number of hydrogen-bond acceptors (Lipinski definition) is 7. The number of aromatic nitrogens is 4. The van der Waals surface area contributed by atoms with E-state index in [1.54, 1.807) is 25.7 Å². The maximum Gasteiger partial charge on any atom is 0.265 e. The van der Waals surface area contributed by atoms with E-state index in [2.05, 4.69) is 20.4 Å². The number of nitrogens with zero attached hydrogens (tertiary/aromatic N) is 5. The van der Waals surface area contributed by atoms with Crippen LogP contribution in [0.1, 0.15) is 15.4 Å². The van der Waals surface area contributed by atoms with Crippen LogP contribution in [-0.2, 0) is 0 Å². The Morgan fingerprint density at radius 2 is 1.90 bits per heavy atom. The fraction of sp³-hybridized carbons (Fsp3) is 0.200. The lowest BCUT2D eigenvalue weighted by atomic mass is 10.1. The molecular formula is C20H20N6O2S. The molecule has 4 rings (SSSR count). The molecule has 1 N–H and O–H groups in total. The topological polar surface area (TPSA) is 84.6 Å². The van der Waals surface area contributed by atoms with Crippen molar-refractivity contribution in [3.05, 3.63) is 53.0 Å². The van der Waals surface area contributed by atoms with Crippen molar-refractivity contribution in [3.63, 3.8) is 0 Å². The second-order valence-corrected chi connectivity index (χ2v) is 7.60. The lowest BCUT2D eigenvalue weighted by molar-refractivity contribution is 0.0831. The first-order valence-corrected chi connectivity index (χ1v) is 9.74. The first-order valence-electron chi connectivity index (χ1n) is 8.92. The van der Waals surface area contributed by atoms with Crippen LogP contribution in [0.5, 0.6) is 5.75 Å². The number of fused-ring (bicyclic) bond motifs is 1. The van der Waals surface area contributed by atoms with E-state index in [-0.39, 0.29) is 5.91 Å². The van der Waals surface area contributed by atoms with E-state index in [9.17, 15) is 4.79 Å². The highest BCUT2D eigenvalue weighted by molar-refractivity contribution is 7.17. The van der Waals surface area contributed by atoms with Gasteiger partial charge in [-0.1, -0.05) is 17.4 Å². The maximum atomic E-state index is 12.2. The molecule has 0 saturated carbocycles. The molecule has 0 radical (unpaired) electrons. The van der Waals surface area contributed by atoms with E-state index >= 15 is 0 Å². The van der Waals surface area contributed by atoms with Gasteiger partial charge < -0.3 is 9.64 Å². The number of aryl methyl sites for hydroxylation is 1. The fourth-order valence-corrected chi connectivity index (χ4v) is 3.87. The van der Waals surface area contributed by atoms with E-state index in [1.807, 2.05) is 49.4 Å². The highest BCUT2D eigenvalue weighted by atomic mass is 32.1. The Morgan fingerprint density at radius 1 is 1.14 bits per heavy atom. The molecule has 0 fully saturated rings. The van der Waals surface area contributed by atoms with Crippen LogP contribution in [0.2, 0.25) is 0 Å². The lowest BCUT2D eigenvalue weighted by Gasteiger charge is -2.07. The molecule has 9 heteroatoms. The van der Waals surface area contributed by atoms with Crippen LogP contribution in [-0.4, -0.2) is 51.6 Å². The Bertz CT molecular complexity index is 1180. The average Bonchev–Trinajstić information content (AvgIpc) is 3.29. The number of hydrogen-bond donors (Lipinski definition) is 1. The van der Waals surface area contributed by atoms with Gasteiger partial charge in [0.1, 0.15) is 10.6 Å². The highest BCUT2D eigenvalue weighted by Gasteiger charge is 2.18. The Hall–Kier alpha value is -3.46. The van der Waals surface area contributed by atoms with E-state index in [4.69, 9.17) is 4.74 Å². The largest absolute Gasteiger partial charge is 0.497 e. The maximum absolute atomic E-state index is 12.2. The normalized spacial score (nSPS) is 10.9. The third-order valence-electron chi connectivity index (χ3n) is 4.36. The molecule has 0 aliphatic heterocycles. The number of ether oxygens (including phenoxy) is 1. The van der Waals surface area contributed by atoms with Crippen LogP contribution in [0.3, 0.4) is 0 Å². The van der Waals surface area contributed by atoms with Gasteiger partial charge in [-0.3, -0.25) is 10.1 Å². The fourth-order valence-electron chi connectivity index (χ4n) is 2.89. The summed E-state index contributed by atoms with van der Waals surface area (Å²) < 4.78 is 7.00. The number of amides is 1. The van der Waals surface area contributed by atoms with Gasteiger partial charge in [-0.2, -0.15) is 4.98 Å². The van der Waals surface area contributed by atoms with Gasteiger partial charge in [-0.15, -0.1) is 5.10 Å². The summed E-state index contributed by atoms with van der Waals surface area (Å²) in [7, 11) is 5.08. The first-order chi connectivity index (χ1) is 14.0. The van der Waals surface area contributed by atoms with Crippen molar-refractivity contribution >= 4 is 34.0 Å². The second kappa shape index (κ2) is 7.51. The van der Waals surface area contributed by atoms with Gasteiger partial charge in [0.2, 0.25) is 5.95 Å². The summed E-state index contributed by atoms with van der Waals surface area (Å²) in [5.41, 5.74) is 3.29. The van der Waals surface area contributed by atoms with Gasteiger partial charge in [0.25, 0.3) is 5.91 Å². The summed E-state index contributed by atoms with van der Waals surface area (Å²) in [6.07, 6.45) is 0. The zero-order chi connectivity index (χ0) is 20.5. The molecule has 3 aromatic heterocycles. The summed E-state index contributed by atoms with van der Waals surface area (Å²) in [5, 5.41) is 8.28. The van der Waals surface area contributed by atoms with Crippen molar-refractivity contribution in [1.29, 1.82) is 0 Å². The molecule has 0 unspecified atom stereocenters. The molecule has 0 bridgehead atoms. The summed E-state index contributed by atoms with van der Waals surface area (Å²) >= 11 is 1.29. The molecular weight excluding hydrogens is 388 g/mol. The highest BCUT2D eigenvalue weighted by Crippen LogP contribution is 2.27. The number of carbonyl (C=O) groups is 1. The van der Waals surface area contributed by atoms with Crippen molar-refractivity contribution in [2.75, 3.05) is 26.5 Å². The van der Waals surface area contributed by atoms with Crippen LogP contribution >= 0.6 is 11.3 Å². The number of methoxy groups -OCH3 is 1. The standard InChI is InChI=1S/C20H20N6O2S/c1-12-17(18(27)25(2)3)29-20(21-12)23-19-22-16-7-5-6-15(26(16)24-19)13-8-10-14(28-4)11-9-13/h5-11H,1-4H3,(H,21,23,24). The van der Waals surface area contributed by atoms with Crippen LogP contribution in [0.15, 0.2) is 42.5 Å². The van der Waals surface area contributed by atoms with E-state index < -0.39 is 0 Å². The summed E-state index contributed by atoms with van der Waals surface area (Å²) in [6.45, 7) is 1.82. The second-order valence-electron chi connectivity index (χ2n) is 6.60. The third kappa shape index (κ3) is 3.64. The number of anilines is 2. The Morgan fingerprint density at radius 3 is 2.59 bits per heavy atom. The Labute approximate surface area is 171 Å². The minimum absolute atomic E-state index is 0.0715. The van der Waals surface area contributed by atoms with Crippen molar-refractivity contribution < 1.29 is 9.53 Å². The van der Waals surface area contributed by atoms with Gasteiger partial charge in [0.05, 0.1) is 18.5 Å². The average molecular weight is 408 g/mol. The van der Waals surface area contributed by atoms with Gasteiger partial charge in [-0.25, -0.2) is 9.50 Å². The minimum Gasteiger partial charge on any atom is -0.497 e. The summed E-state index contributed by atoms with van der Waals surface area (Å²) in [6, 6.07) is 13.6. The van der Waals surface area contributed by atoms with Crippen LogP contribution in [0.4, 0.5) is 11.1 Å². The van der Waals surface area contributed by atoms with Crippen molar-refractivity contribution in [3.8, 4) is 17.0 Å². The summed E-state index contributed by atoms with van der Waals surface area (Å²) in [4.78, 5) is 23.3. The van der Waals surface area contributed by atoms with E-state index in [0.29, 0.717) is 27.3 Å². The molecule has 29 heavy (non-hydrogen) atoms. The molecule has 0 atom stereocenters. The van der Waals surface area contributed by atoms with Gasteiger partial charge >= 0.3 is 0 Å². The smallest absolute Gasteiger partial charge is 0.265 e. The molecule has 1 amide bonds. The molecule has 1 aromatic carbocycles. The zero-order valence-corrected chi connectivity index (χ0v) is 17.3.